The number of benzene rings is 3. The summed E-state index contributed by atoms with van der Waals surface area (Å²) in [6, 6.07) is 21.1. The summed E-state index contributed by atoms with van der Waals surface area (Å²) >= 11 is 1.61. The maximum absolute atomic E-state index is 13.1. The molecule has 8 nitrogen and oxygen atoms in total. The Balaban J connectivity index is 1.23. The number of nitrogens with one attached hydrogen (secondary N) is 1. The molecule has 1 N–H and O–H groups in total. The van der Waals surface area contributed by atoms with E-state index in [9.17, 15) is 18.0 Å². The van der Waals surface area contributed by atoms with Crippen molar-refractivity contribution in [3.63, 3.8) is 0 Å². The molecule has 0 bridgehead atoms. The van der Waals surface area contributed by atoms with E-state index in [-0.39, 0.29) is 29.8 Å². The second-order valence-corrected chi connectivity index (χ2v) is 12.0. The number of amidine groups is 1. The lowest BCUT2D eigenvalue weighted by molar-refractivity contribution is -0.274. The fourth-order valence-corrected chi connectivity index (χ4v) is 6.37. The number of hydrogen-bond donors (Lipinski definition) is 1. The first-order chi connectivity index (χ1) is 21.5. The van der Waals surface area contributed by atoms with Gasteiger partial charge >= 0.3 is 12.4 Å². The lowest BCUT2D eigenvalue weighted by Crippen LogP contribution is -2.43. The molecule has 3 aromatic carbocycles. The highest BCUT2D eigenvalue weighted by atomic mass is 32.2. The summed E-state index contributed by atoms with van der Waals surface area (Å²) in [5.74, 6) is 1.07. The van der Waals surface area contributed by atoms with Gasteiger partial charge in [0.1, 0.15) is 12.1 Å². The van der Waals surface area contributed by atoms with Crippen molar-refractivity contribution in [2.45, 2.75) is 64.9 Å². The molecule has 2 heterocycles. The Labute approximate surface area is 264 Å². The summed E-state index contributed by atoms with van der Waals surface area (Å²) in [7, 11) is 0. The molecule has 1 aliphatic rings. The van der Waals surface area contributed by atoms with E-state index in [1.807, 2.05) is 50.2 Å². The van der Waals surface area contributed by atoms with Gasteiger partial charge in [0.05, 0.1) is 5.69 Å². The third-order valence-corrected chi connectivity index (χ3v) is 8.85. The van der Waals surface area contributed by atoms with E-state index in [0.29, 0.717) is 16.7 Å². The maximum atomic E-state index is 13.1. The lowest BCUT2D eigenvalue weighted by Gasteiger charge is -2.36. The van der Waals surface area contributed by atoms with Crippen molar-refractivity contribution < 1.29 is 22.7 Å². The predicted molar refractivity (Wildman–Crippen MR) is 172 cm³/mol. The highest BCUT2D eigenvalue weighted by Crippen LogP contribution is 2.32. The number of amides is 2. The smallest absolute Gasteiger partial charge is 0.406 e. The van der Waals surface area contributed by atoms with E-state index in [4.69, 9.17) is 0 Å². The van der Waals surface area contributed by atoms with Crippen LogP contribution in [0.3, 0.4) is 0 Å². The molecule has 3 unspecified atom stereocenters. The lowest BCUT2D eigenvalue weighted by atomic mass is 9.93. The largest absolute Gasteiger partial charge is 0.573 e. The highest BCUT2D eigenvalue weighted by Gasteiger charge is 2.31. The van der Waals surface area contributed by atoms with Gasteiger partial charge in [0.2, 0.25) is 0 Å². The molecule has 4 aromatic rings. The first-order valence-corrected chi connectivity index (χ1v) is 15.8. The molecule has 2 amide bonds. The molecule has 236 valence electrons. The van der Waals surface area contributed by atoms with Crippen LogP contribution in [0.5, 0.6) is 5.75 Å². The molecule has 1 aliphatic heterocycles. The van der Waals surface area contributed by atoms with E-state index >= 15 is 0 Å². The number of urea groups is 1. The number of thioether (sulfide) groups is 1. The number of nitrogens with zero attached hydrogens (tertiary/aromatic N) is 5. The Morgan fingerprint density at radius 1 is 1.09 bits per heavy atom. The van der Waals surface area contributed by atoms with Gasteiger partial charge in [-0.05, 0) is 68.1 Å². The number of anilines is 1. The van der Waals surface area contributed by atoms with E-state index in [0.717, 1.165) is 35.4 Å². The fourth-order valence-electron chi connectivity index (χ4n) is 5.16. The number of aliphatic imine (C=N–C) groups is 1. The van der Waals surface area contributed by atoms with Crippen molar-refractivity contribution in [1.29, 1.82) is 0 Å². The summed E-state index contributed by atoms with van der Waals surface area (Å²) in [6.07, 6.45) is -1.35. The van der Waals surface area contributed by atoms with Crippen LogP contribution in [0.15, 0.2) is 84.1 Å². The Kier molecular flexibility index (Phi) is 9.81. The first kappa shape index (κ1) is 32.1. The fraction of sp³-hybridized carbons (Fsp3) is 0.333. The van der Waals surface area contributed by atoms with Gasteiger partial charge in [-0.15, -0.1) is 18.3 Å². The van der Waals surface area contributed by atoms with Crippen LogP contribution in [0, 0.1) is 0 Å². The van der Waals surface area contributed by atoms with Gasteiger partial charge in [0, 0.05) is 35.0 Å². The molecule has 3 atom stereocenters. The van der Waals surface area contributed by atoms with Crippen LogP contribution in [0.25, 0.3) is 17.1 Å². The van der Waals surface area contributed by atoms with Gasteiger partial charge in [0.25, 0.3) is 0 Å². The Hall–Kier alpha value is -4.32. The summed E-state index contributed by atoms with van der Waals surface area (Å²) in [4.78, 5) is 24.2. The number of halogens is 3. The van der Waals surface area contributed by atoms with E-state index in [2.05, 4.69) is 56.0 Å². The predicted octanol–water partition coefficient (Wildman–Crippen LogP) is 7.98. The Bertz CT molecular complexity index is 1640. The van der Waals surface area contributed by atoms with Gasteiger partial charge in [-0.1, -0.05) is 68.1 Å². The molecule has 0 spiro atoms. The molecular weight excluding hydrogens is 601 g/mol. The number of rotatable bonds is 8. The van der Waals surface area contributed by atoms with E-state index in [1.165, 1.54) is 40.8 Å². The zero-order valence-electron chi connectivity index (χ0n) is 25.5. The first-order valence-electron chi connectivity index (χ1n) is 14.8. The molecule has 5 rings (SSSR count). The van der Waals surface area contributed by atoms with Gasteiger partial charge in [-0.3, -0.25) is 0 Å². The van der Waals surface area contributed by atoms with Crippen molar-refractivity contribution in [3.05, 3.63) is 90.3 Å². The molecule has 1 aromatic heterocycles. The van der Waals surface area contributed by atoms with Crippen LogP contribution in [0.4, 0.5) is 23.7 Å². The minimum atomic E-state index is -4.75. The zero-order valence-corrected chi connectivity index (χ0v) is 26.3. The summed E-state index contributed by atoms with van der Waals surface area (Å²) < 4.78 is 42.7. The SMILES string of the molecule is CCc1ccccc1N1/C(=N/C(=O)NC(C)C(C)c2ccc(-c3ncn(-c4ccc(OC(F)(F)F)cc4)n3)cc2)SCCC1C. The summed E-state index contributed by atoms with van der Waals surface area (Å²) in [6.45, 7) is 8.31. The number of aryl methyl sites for hydroxylation is 1. The molecule has 45 heavy (non-hydrogen) atoms. The Morgan fingerprint density at radius 2 is 1.80 bits per heavy atom. The van der Waals surface area contributed by atoms with Crippen molar-refractivity contribution in [2.75, 3.05) is 10.7 Å². The minimum absolute atomic E-state index is 0.000927. The van der Waals surface area contributed by atoms with Gasteiger partial charge in [0.15, 0.2) is 11.0 Å². The van der Waals surface area contributed by atoms with Crippen LogP contribution in [-0.2, 0) is 6.42 Å². The molecule has 12 heteroatoms. The van der Waals surface area contributed by atoms with E-state index < -0.39 is 6.36 Å². The van der Waals surface area contributed by atoms with Crippen molar-refractivity contribution in [3.8, 4) is 22.8 Å². The van der Waals surface area contributed by atoms with Crippen LogP contribution < -0.4 is 15.0 Å². The monoisotopic (exact) mass is 636 g/mol. The average molecular weight is 637 g/mol. The second-order valence-electron chi connectivity index (χ2n) is 10.9. The zero-order chi connectivity index (χ0) is 32.1. The highest BCUT2D eigenvalue weighted by molar-refractivity contribution is 8.14. The number of carbonyl (C=O) groups excluding carboxylic acids is 1. The summed E-state index contributed by atoms with van der Waals surface area (Å²) in [5.41, 5.74) is 4.67. The van der Waals surface area contributed by atoms with Gasteiger partial charge in [-0.2, -0.15) is 4.99 Å². The third kappa shape index (κ3) is 7.86. The quantitative estimate of drug-likeness (QED) is 0.211. The molecule has 0 radical (unpaired) electrons. The van der Waals surface area contributed by atoms with Gasteiger partial charge in [-0.25, -0.2) is 14.5 Å². The number of hydrogen-bond acceptors (Lipinski definition) is 5. The van der Waals surface area contributed by atoms with Crippen LogP contribution in [0.2, 0.25) is 0 Å². The average Bonchev–Trinajstić information content (AvgIpc) is 3.51. The van der Waals surface area contributed by atoms with Crippen LogP contribution in [0.1, 0.15) is 51.2 Å². The molecule has 1 saturated heterocycles. The Morgan fingerprint density at radius 3 is 2.49 bits per heavy atom. The normalized spacial score (nSPS) is 17.6. The number of carbonyl (C=O) groups is 1. The van der Waals surface area contributed by atoms with Crippen LogP contribution >= 0.6 is 11.8 Å². The van der Waals surface area contributed by atoms with Gasteiger partial charge < -0.3 is 15.0 Å². The van der Waals surface area contributed by atoms with Crippen LogP contribution in [-0.4, -0.2) is 50.2 Å². The van der Waals surface area contributed by atoms with E-state index in [1.54, 1.807) is 11.8 Å². The topological polar surface area (TPSA) is 84.6 Å². The number of para-hydroxylation sites is 1. The van der Waals surface area contributed by atoms with Crippen molar-refractivity contribution in [2.24, 2.45) is 4.99 Å². The second kappa shape index (κ2) is 13.8. The molecule has 0 aliphatic carbocycles. The minimum Gasteiger partial charge on any atom is -0.406 e. The number of aromatic nitrogens is 3. The standard InChI is InChI=1S/C33H35F3N6O2S/c1-5-24-8-6-7-9-29(24)42-21(2)18-19-45-32(42)39-31(43)38-23(4)22(3)25-10-12-26(13-11-25)30-37-20-41(40-30)27-14-16-28(17-15-27)44-33(34,35)36/h6-17,20-23H,5,18-19H2,1-4H3,(H,38,43)/b39-32-. The van der Waals surface area contributed by atoms with Crippen molar-refractivity contribution >= 4 is 28.6 Å². The molecule has 1 fully saturated rings. The molecular formula is C33H35F3N6O2S. The number of alkyl halides is 3. The maximum Gasteiger partial charge on any atom is 0.573 e. The third-order valence-electron chi connectivity index (χ3n) is 7.87. The molecule has 0 saturated carbocycles. The van der Waals surface area contributed by atoms with Crippen molar-refractivity contribution in [1.82, 2.24) is 20.1 Å². The summed E-state index contributed by atoms with van der Waals surface area (Å²) in [5, 5.41) is 8.24. The number of ether oxygens (including phenoxy) is 1.